The van der Waals surface area contributed by atoms with Gasteiger partial charge >= 0.3 is 0 Å². The van der Waals surface area contributed by atoms with Crippen molar-refractivity contribution in [1.29, 1.82) is 0 Å². The van der Waals surface area contributed by atoms with Gasteiger partial charge in [0.15, 0.2) is 5.78 Å². The van der Waals surface area contributed by atoms with Crippen LogP contribution in [0.1, 0.15) is 29.6 Å². The van der Waals surface area contributed by atoms with Gasteiger partial charge in [0.2, 0.25) is 0 Å². The molecule has 0 bridgehead atoms. The molecule has 1 heterocycles. The minimum absolute atomic E-state index is 0.123. The minimum atomic E-state index is 0.123. The first kappa shape index (κ1) is 11.6. The van der Waals surface area contributed by atoms with Crippen molar-refractivity contribution in [2.45, 2.75) is 25.3 Å². The molecule has 1 atom stereocenters. The summed E-state index contributed by atoms with van der Waals surface area (Å²) >= 11 is 3.35. The molecule has 1 aliphatic rings. The smallest absolute Gasteiger partial charge is 0.166 e. The quantitative estimate of drug-likeness (QED) is 0.661. The normalized spacial score (nSPS) is 19.9. The zero-order valence-corrected chi connectivity index (χ0v) is 10.6. The predicted octanol–water partition coefficient (Wildman–Crippen LogP) is 2.36. The van der Waals surface area contributed by atoms with Gasteiger partial charge in [0.1, 0.15) is 0 Å². The van der Waals surface area contributed by atoms with E-state index in [9.17, 15) is 4.79 Å². The van der Waals surface area contributed by atoms with Crippen LogP contribution in [0, 0.1) is 0 Å². The number of ketones is 1. The van der Waals surface area contributed by atoms with E-state index < -0.39 is 0 Å². The van der Waals surface area contributed by atoms with Gasteiger partial charge < -0.3 is 11.1 Å². The Kier molecular flexibility index (Phi) is 3.61. The molecule has 16 heavy (non-hydrogen) atoms. The third-order valence-corrected chi connectivity index (χ3v) is 3.40. The van der Waals surface area contributed by atoms with Crippen LogP contribution in [0.4, 0.5) is 5.69 Å². The van der Waals surface area contributed by atoms with Gasteiger partial charge in [0.25, 0.3) is 0 Å². The number of rotatable bonds is 3. The third-order valence-electron chi connectivity index (χ3n) is 2.91. The first-order valence-electron chi connectivity index (χ1n) is 5.48. The highest BCUT2D eigenvalue weighted by atomic mass is 79.9. The number of anilines is 1. The topological polar surface area (TPSA) is 55.1 Å². The molecule has 3 N–H and O–H groups in total. The number of carbonyl (C=O) groups excluding carboxylic acids is 1. The fourth-order valence-electron chi connectivity index (χ4n) is 2.03. The van der Waals surface area contributed by atoms with Gasteiger partial charge in [0, 0.05) is 28.2 Å². The van der Waals surface area contributed by atoms with Crippen LogP contribution < -0.4 is 11.1 Å². The van der Waals surface area contributed by atoms with E-state index in [0.29, 0.717) is 23.7 Å². The summed E-state index contributed by atoms with van der Waals surface area (Å²) in [6.45, 7) is 1.02. The molecule has 0 aliphatic carbocycles. The van der Waals surface area contributed by atoms with Gasteiger partial charge in [0.05, 0.1) is 0 Å². The maximum Gasteiger partial charge on any atom is 0.166 e. The molecule has 1 fully saturated rings. The van der Waals surface area contributed by atoms with Gasteiger partial charge in [-0.2, -0.15) is 0 Å². The zero-order chi connectivity index (χ0) is 11.5. The van der Waals surface area contributed by atoms with Crippen LogP contribution in [0.2, 0.25) is 0 Å². The Morgan fingerprint density at radius 1 is 1.56 bits per heavy atom. The number of nitrogen functional groups attached to an aromatic ring is 1. The Morgan fingerprint density at radius 2 is 2.38 bits per heavy atom. The van der Waals surface area contributed by atoms with E-state index in [1.165, 1.54) is 0 Å². The zero-order valence-electron chi connectivity index (χ0n) is 9.00. The van der Waals surface area contributed by atoms with Crippen LogP contribution in [-0.2, 0) is 0 Å². The summed E-state index contributed by atoms with van der Waals surface area (Å²) in [6, 6.07) is 5.73. The number of hydrogen-bond acceptors (Lipinski definition) is 3. The van der Waals surface area contributed by atoms with Crippen molar-refractivity contribution in [3.63, 3.8) is 0 Å². The molecule has 4 heteroatoms. The maximum atomic E-state index is 12.0. The number of benzene rings is 1. The van der Waals surface area contributed by atoms with E-state index in [1.54, 1.807) is 12.1 Å². The van der Waals surface area contributed by atoms with Crippen LogP contribution in [0.5, 0.6) is 0 Å². The summed E-state index contributed by atoms with van der Waals surface area (Å²) in [5.41, 5.74) is 6.99. The lowest BCUT2D eigenvalue weighted by atomic mass is 10.0. The van der Waals surface area contributed by atoms with Gasteiger partial charge in [-0.15, -0.1) is 0 Å². The summed E-state index contributed by atoms with van der Waals surface area (Å²) in [4.78, 5) is 12.0. The van der Waals surface area contributed by atoms with Gasteiger partial charge in [-0.05, 0) is 37.6 Å². The van der Waals surface area contributed by atoms with Gasteiger partial charge in [-0.25, -0.2) is 0 Å². The fourth-order valence-corrected chi connectivity index (χ4v) is 2.40. The predicted molar refractivity (Wildman–Crippen MR) is 68.5 cm³/mol. The minimum Gasteiger partial charge on any atom is -0.398 e. The number of carbonyl (C=O) groups is 1. The fraction of sp³-hybridized carbons (Fsp3) is 0.417. The largest absolute Gasteiger partial charge is 0.398 e. The lowest BCUT2D eigenvalue weighted by Crippen LogP contribution is -2.24. The van der Waals surface area contributed by atoms with Crippen molar-refractivity contribution in [3.8, 4) is 0 Å². The van der Waals surface area contributed by atoms with Crippen molar-refractivity contribution in [1.82, 2.24) is 5.32 Å². The highest BCUT2D eigenvalue weighted by Crippen LogP contribution is 2.21. The average molecular weight is 283 g/mol. The van der Waals surface area contributed by atoms with Crippen LogP contribution in [0.15, 0.2) is 22.7 Å². The van der Waals surface area contributed by atoms with Crippen LogP contribution in [0.3, 0.4) is 0 Å². The summed E-state index contributed by atoms with van der Waals surface area (Å²) < 4.78 is 0.893. The Morgan fingerprint density at radius 3 is 3.06 bits per heavy atom. The number of hydrogen-bond donors (Lipinski definition) is 2. The van der Waals surface area contributed by atoms with Crippen LogP contribution in [-0.4, -0.2) is 18.4 Å². The standard InChI is InChI=1S/C12H15BrN2O/c13-8-3-4-11(14)10(6-8)12(16)7-9-2-1-5-15-9/h3-4,6,9,15H,1-2,5,7,14H2. The number of halogens is 1. The van der Waals surface area contributed by atoms with Crippen LogP contribution in [0.25, 0.3) is 0 Å². The molecule has 1 aliphatic heterocycles. The third kappa shape index (κ3) is 2.62. The van der Waals surface area contributed by atoms with Crippen molar-refractivity contribution in [2.75, 3.05) is 12.3 Å². The van der Waals surface area contributed by atoms with E-state index in [2.05, 4.69) is 21.2 Å². The number of Topliss-reactive ketones (excluding diaryl/α,β-unsaturated/α-hetero) is 1. The lowest BCUT2D eigenvalue weighted by Gasteiger charge is -2.10. The molecule has 1 unspecified atom stereocenters. The Bertz CT molecular complexity index is 400. The second-order valence-corrected chi connectivity index (χ2v) is 5.07. The first-order valence-corrected chi connectivity index (χ1v) is 6.28. The highest BCUT2D eigenvalue weighted by Gasteiger charge is 2.19. The SMILES string of the molecule is Nc1ccc(Br)cc1C(=O)CC1CCCN1. The molecular formula is C12H15BrN2O. The monoisotopic (exact) mass is 282 g/mol. The van der Waals surface area contributed by atoms with Crippen molar-refractivity contribution >= 4 is 27.4 Å². The molecule has 3 nitrogen and oxygen atoms in total. The summed E-state index contributed by atoms with van der Waals surface area (Å²) in [6.07, 6.45) is 2.78. The molecule has 0 saturated carbocycles. The first-order chi connectivity index (χ1) is 7.66. The Labute approximate surface area is 104 Å². The lowest BCUT2D eigenvalue weighted by molar-refractivity contribution is 0.0972. The van der Waals surface area contributed by atoms with E-state index >= 15 is 0 Å². The molecular weight excluding hydrogens is 268 g/mol. The molecule has 0 amide bonds. The molecule has 0 aromatic heterocycles. The number of nitrogens with two attached hydrogens (primary N) is 1. The molecule has 1 aromatic rings. The summed E-state index contributed by atoms with van der Waals surface area (Å²) in [5, 5.41) is 3.32. The molecule has 1 aromatic carbocycles. The maximum absolute atomic E-state index is 12.0. The van der Waals surface area contributed by atoms with E-state index in [0.717, 1.165) is 23.9 Å². The van der Waals surface area contributed by atoms with Crippen molar-refractivity contribution < 1.29 is 4.79 Å². The molecule has 2 rings (SSSR count). The van der Waals surface area contributed by atoms with E-state index in [-0.39, 0.29) is 5.78 Å². The molecule has 0 radical (unpaired) electrons. The molecule has 86 valence electrons. The molecule has 0 spiro atoms. The Balaban J connectivity index is 2.10. The van der Waals surface area contributed by atoms with E-state index in [4.69, 9.17) is 5.73 Å². The van der Waals surface area contributed by atoms with Gasteiger partial charge in [-0.3, -0.25) is 4.79 Å². The van der Waals surface area contributed by atoms with Gasteiger partial charge in [-0.1, -0.05) is 15.9 Å². The highest BCUT2D eigenvalue weighted by molar-refractivity contribution is 9.10. The van der Waals surface area contributed by atoms with Crippen molar-refractivity contribution in [2.24, 2.45) is 0 Å². The van der Waals surface area contributed by atoms with Crippen LogP contribution >= 0.6 is 15.9 Å². The van der Waals surface area contributed by atoms with E-state index in [1.807, 2.05) is 6.07 Å². The van der Waals surface area contributed by atoms with Crippen molar-refractivity contribution in [3.05, 3.63) is 28.2 Å². The number of nitrogens with one attached hydrogen (secondary N) is 1. The summed E-state index contributed by atoms with van der Waals surface area (Å²) in [5.74, 6) is 0.123. The summed E-state index contributed by atoms with van der Waals surface area (Å²) in [7, 11) is 0. The Hall–Kier alpha value is -0.870. The molecule has 1 saturated heterocycles. The average Bonchev–Trinajstić information content (AvgIpc) is 2.74. The second kappa shape index (κ2) is 4.97. The second-order valence-electron chi connectivity index (χ2n) is 4.15.